The second-order valence-electron chi connectivity index (χ2n) is 2.83. The summed E-state index contributed by atoms with van der Waals surface area (Å²) in [7, 11) is 0. The van der Waals surface area contributed by atoms with Gasteiger partial charge in [-0.2, -0.15) is 0 Å². The maximum atomic E-state index is 13.1. The summed E-state index contributed by atoms with van der Waals surface area (Å²) in [6, 6.07) is 3.28. The Morgan fingerprint density at radius 2 is 2.14 bits per heavy atom. The van der Waals surface area contributed by atoms with Gasteiger partial charge in [0, 0.05) is 11.6 Å². The normalized spacial score (nSPS) is 11.6. The predicted octanol–water partition coefficient (Wildman–Crippen LogP) is 1.97. The Bertz CT molecular complexity index is 342. The molecule has 0 radical (unpaired) electrons. The Morgan fingerprint density at radius 3 is 2.50 bits per heavy atom. The Hall–Kier alpha value is -1.13. The monoisotopic (exact) mass is 219 g/mol. The molecule has 3 nitrogen and oxygen atoms in total. The van der Waals surface area contributed by atoms with E-state index in [9.17, 15) is 9.18 Å². The molecule has 14 heavy (non-hydrogen) atoms. The average molecular weight is 220 g/mol. The molecule has 78 valence electrons. The highest BCUT2D eigenvalue weighted by Gasteiger charge is 2.10. The second kappa shape index (κ2) is 4.93. The molecule has 1 atom stereocenters. The van der Waals surface area contributed by atoms with E-state index in [2.05, 4.69) is 0 Å². The Balaban J connectivity index is 0.00000169. The third-order valence-electron chi connectivity index (χ3n) is 1.74. The maximum Gasteiger partial charge on any atom is 0.335 e. The van der Waals surface area contributed by atoms with E-state index in [-0.39, 0.29) is 18.0 Å². The van der Waals surface area contributed by atoms with Gasteiger partial charge < -0.3 is 10.8 Å². The van der Waals surface area contributed by atoms with Crippen molar-refractivity contribution in [2.24, 2.45) is 5.73 Å². The highest BCUT2D eigenvalue weighted by Crippen LogP contribution is 2.15. The minimum Gasteiger partial charge on any atom is -0.478 e. The van der Waals surface area contributed by atoms with Crippen LogP contribution in [0.1, 0.15) is 28.9 Å². The zero-order chi connectivity index (χ0) is 10.0. The molecule has 0 unspecified atom stereocenters. The van der Waals surface area contributed by atoms with Crippen LogP contribution in [0.3, 0.4) is 0 Å². The van der Waals surface area contributed by atoms with Crippen LogP contribution in [0, 0.1) is 5.82 Å². The molecule has 0 amide bonds. The van der Waals surface area contributed by atoms with E-state index in [0.717, 1.165) is 6.07 Å². The molecular formula is C9H11ClFNO2. The van der Waals surface area contributed by atoms with Crippen LogP contribution < -0.4 is 5.73 Å². The topological polar surface area (TPSA) is 63.3 Å². The molecule has 0 aromatic heterocycles. The lowest BCUT2D eigenvalue weighted by atomic mass is 10.1. The van der Waals surface area contributed by atoms with E-state index in [4.69, 9.17) is 10.8 Å². The van der Waals surface area contributed by atoms with Crippen molar-refractivity contribution < 1.29 is 14.3 Å². The van der Waals surface area contributed by atoms with Gasteiger partial charge in [-0.3, -0.25) is 0 Å². The van der Waals surface area contributed by atoms with Gasteiger partial charge in [-0.1, -0.05) is 6.07 Å². The van der Waals surface area contributed by atoms with Crippen LogP contribution in [-0.4, -0.2) is 11.1 Å². The van der Waals surface area contributed by atoms with Crippen molar-refractivity contribution in [1.29, 1.82) is 0 Å². The third kappa shape index (κ3) is 2.68. The van der Waals surface area contributed by atoms with E-state index < -0.39 is 17.8 Å². The lowest BCUT2D eigenvalue weighted by Crippen LogP contribution is -2.08. The number of carbonyl (C=O) groups is 1. The lowest BCUT2D eigenvalue weighted by Gasteiger charge is -2.06. The van der Waals surface area contributed by atoms with Crippen LogP contribution in [0.25, 0.3) is 0 Å². The van der Waals surface area contributed by atoms with Crippen LogP contribution in [0.15, 0.2) is 18.2 Å². The van der Waals surface area contributed by atoms with E-state index in [1.165, 1.54) is 12.1 Å². The van der Waals surface area contributed by atoms with Crippen LogP contribution in [0.2, 0.25) is 0 Å². The van der Waals surface area contributed by atoms with Crippen LogP contribution in [0.5, 0.6) is 0 Å². The molecule has 0 aliphatic rings. The van der Waals surface area contributed by atoms with Crippen molar-refractivity contribution >= 4 is 18.4 Å². The van der Waals surface area contributed by atoms with Gasteiger partial charge in [-0.05, 0) is 19.1 Å². The zero-order valence-corrected chi connectivity index (χ0v) is 8.34. The number of hydrogen-bond donors (Lipinski definition) is 2. The number of benzene rings is 1. The number of rotatable bonds is 2. The number of halogens is 2. The SMILES string of the molecule is C[C@@H](N)c1ccc(C(=O)O)cc1F.Cl. The summed E-state index contributed by atoms with van der Waals surface area (Å²) in [5.74, 6) is -1.72. The Labute approximate surface area is 87.1 Å². The van der Waals surface area contributed by atoms with Crippen LogP contribution in [0.4, 0.5) is 4.39 Å². The third-order valence-corrected chi connectivity index (χ3v) is 1.74. The average Bonchev–Trinajstić information content (AvgIpc) is 2.03. The molecule has 0 fully saturated rings. The van der Waals surface area contributed by atoms with Crippen LogP contribution in [-0.2, 0) is 0 Å². The van der Waals surface area contributed by atoms with Gasteiger partial charge >= 0.3 is 5.97 Å². The number of carboxylic acids is 1. The first-order valence-corrected chi connectivity index (χ1v) is 3.80. The molecule has 0 aliphatic carbocycles. The van der Waals surface area contributed by atoms with Gasteiger partial charge in [-0.25, -0.2) is 9.18 Å². The summed E-state index contributed by atoms with van der Waals surface area (Å²) in [5, 5.41) is 8.54. The minimum atomic E-state index is -1.14. The predicted molar refractivity (Wildman–Crippen MR) is 53.2 cm³/mol. The van der Waals surface area contributed by atoms with E-state index in [1.54, 1.807) is 6.92 Å². The minimum absolute atomic E-state index is 0. The van der Waals surface area contributed by atoms with Gasteiger partial charge in [0.2, 0.25) is 0 Å². The molecule has 0 aliphatic heterocycles. The van der Waals surface area contributed by atoms with Crippen molar-refractivity contribution in [3.63, 3.8) is 0 Å². The molecule has 3 N–H and O–H groups in total. The largest absolute Gasteiger partial charge is 0.478 e. The fraction of sp³-hybridized carbons (Fsp3) is 0.222. The Kier molecular flexibility index (Phi) is 4.53. The smallest absolute Gasteiger partial charge is 0.335 e. The highest BCUT2D eigenvalue weighted by molar-refractivity contribution is 5.87. The van der Waals surface area contributed by atoms with Crippen molar-refractivity contribution in [3.8, 4) is 0 Å². The van der Waals surface area contributed by atoms with Gasteiger partial charge in [0.25, 0.3) is 0 Å². The molecule has 1 aromatic rings. The number of hydrogen-bond acceptors (Lipinski definition) is 2. The molecular weight excluding hydrogens is 209 g/mol. The van der Waals surface area contributed by atoms with E-state index in [1.807, 2.05) is 0 Å². The molecule has 0 bridgehead atoms. The van der Waals surface area contributed by atoms with E-state index >= 15 is 0 Å². The Morgan fingerprint density at radius 1 is 1.57 bits per heavy atom. The van der Waals surface area contributed by atoms with Crippen molar-refractivity contribution in [1.82, 2.24) is 0 Å². The summed E-state index contributed by atoms with van der Waals surface area (Å²) in [4.78, 5) is 10.4. The summed E-state index contributed by atoms with van der Waals surface area (Å²) in [6.45, 7) is 1.64. The summed E-state index contributed by atoms with van der Waals surface area (Å²) < 4.78 is 13.1. The molecule has 1 rings (SSSR count). The zero-order valence-electron chi connectivity index (χ0n) is 7.53. The fourth-order valence-electron chi connectivity index (χ4n) is 1.03. The van der Waals surface area contributed by atoms with Crippen molar-refractivity contribution in [2.45, 2.75) is 13.0 Å². The second-order valence-corrected chi connectivity index (χ2v) is 2.83. The van der Waals surface area contributed by atoms with Gasteiger partial charge in [0.15, 0.2) is 0 Å². The highest BCUT2D eigenvalue weighted by atomic mass is 35.5. The molecule has 0 spiro atoms. The molecule has 0 heterocycles. The van der Waals surface area contributed by atoms with Gasteiger partial charge in [-0.15, -0.1) is 12.4 Å². The summed E-state index contributed by atoms with van der Waals surface area (Å²) in [6.07, 6.45) is 0. The summed E-state index contributed by atoms with van der Waals surface area (Å²) >= 11 is 0. The van der Waals surface area contributed by atoms with Crippen molar-refractivity contribution in [3.05, 3.63) is 35.1 Å². The standard InChI is InChI=1S/C9H10FNO2.ClH/c1-5(11)7-3-2-6(9(12)13)4-8(7)10;/h2-5H,11H2,1H3,(H,12,13);1H/t5-;/m1./s1. The number of carboxylic acid groups (broad SMARTS) is 1. The van der Waals surface area contributed by atoms with E-state index in [0.29, 0.717) is 5.56 Å². The maximum absolute atomic E-state index is 13.1. The molecule has 0 saturated carbocycles. The van der Waals surface area contributed by atoms with Crippen molar-refractivity contribution in [2.75, 3.05) is 0 Å². The lowest BCUT2D eigenvalue weighted by molar-refractivity contribution is 0.0696. The molecule has 0 saturated heterocycles. The first-order chi connectivity index (χ1) is 6.02. The fourth-order valence-corrected chi connectivity index (χ4v) is 1.03. The van der Waals surface area contributed by atoms with Crippen LogP contribution >= 0.6 is 12.4 Å². The van der Waals surface area contributed by atoms with Gasteiger partial charge in [0.1, 0.15) is 5.82 Å². The first kappa shape index (κ1) is 12.9. The number of aromatic carboxylic acids is 1. The molecule has 1 aromatic carbocycles. The summed E-state index contributed by atoms with van der Waals surface area (Å²) in [5.41, 5.74) is 5.71. The number of nitrogens with two attached hydrogens (primary N) is 1. The van der Waals surface area contributed by atoms with Gasteiger partial charge in [0.05, 0.1) is 5.56 Å². The quantitative estimate of drug-likeness (QED) is 0.799. The molecule has 5 heteroatoms. The first-order valence-electron chi connectivity index (χ1n) is 3.80.